The lowest BCUT2D eigenvalue weighted by atomic mass is 9.89. The molecule has 0 bridgehead atoms. The molecule has 2 rings (SSSR count). The number of hydrogen-bond donors (Lipinski definition) is 0. The zero-order chi connectivity index (χ0) is 11.9. The number of rotatable bonds is 5. The van der Waals surface area contributed by atoms with E-state index in [0.717, 1.165) is 6.42 Å². The van der Waals surface area contributed by atoms with Crippen LogP contribution in [0.5, 0.6) is 0 Å². The molecule has 0 N–H and O–H groups in total. The summed E-state index contributed by atoms with van der Waals surface area (Å²) in [7, 11) is 0.230. The zero-order valence-electron chi connectivity index (χ0n) is 9.62. The van der Waals surface area contributed by atoms with Gasteiger partial charge in [-0.05, 0) is 17.5 Å². The molecule has 0 radical (unpaired) electrons. The zero-order valence-corrected chi connectivity index (χ0v) is 10.5. The summed E-state index contributed by atoms with van der Waals surface area (Å²) in [6.07, 6.45) is 1.62. The Morgan fingerprint density at radius 2 is 1.29 bits per heavy atom. The maximum atomic E-state index is 10.7. The predicted octanol–water partition coefficient (Wildman–Crippen LogP) is 4.50. The van der Waals surface area contributed by atoms with E-state index in [1.807, 2.05) is 12.1 Å². The fourth-order valence-electron chi connectivity index (χ4n) is 2.08. The fraction of sp³-hybridized carbons (Fsp3) is 0.200. The van der Waals surface area contributed by atoms with Crippen molar-refractivity contribution in [3.8, 4) is 0 Å². The number of benzene rings is 2. The Morgan fingerprint density at radius 3 is 1.71 bits per heavy atom. The molecule has 1 nitrogen and oxygen atoms in total. The summed E-state index contributed by atoms with van der Waals surface area (Å²) >= 11 is 0. The molecule has 17 heavy (non-hydrogen) atoms. The van der Waals surface area contributed by atoms with Gasteiger partial charge in [0.2, 0.25) is 0 Å². The van der Waals surface area contributed by atoms with Crippen LogP contribution in [0.25, 0.3) is 0 Å². The summed E-state index contributed by atoms with van der Waals surface area (Å²) in [5.41, 5.74) is 2.59. The Balaban J connectivity index is 2.29. The van der Waals surface area contributed by atoms with Crippen LogP contribution >= 0.6 is 8.46 Å². The first-order valence-corrected chi connectivity index (χ1v) is 6.80. The summed E-state index contributed by atoms with van der Waals surface area (Å²) in [6.45, 7) is 0. The third-order valence-electron chi connectivity index (χ3n) is 2.91. The molecule has 0 saturated heterocycles. The molecule has 0 spiro atoms. The molecule has 86 valence electrons. The van der Waals surface area contributed by atoms with Crippen molar-refractivity contribution in [2.75, 3.05) is 6.16 Å². The first kappa shape index (κ1) is 12.0. The van der Waals surface area contributed by atoms with Gasteiger partial charge < -0.3 is 0 Å². The lowest BCUT2D eigenvalue weighted by Gasteiger charge is -2.16. The minimum Gasteiger partial charge on any atom is -0.275 e. The van der Waals surface area contributed by atoms with Crippen LogP contribution in [0, 0.1) is 0 Å². The van der Waals surface area contributed by atoms with Gasteiger partial charge in [-0.1, -0.05) is 60.7 Å². The Morgan fingerprint density at radius 1 is 0.824 bits per heavy atom. The van der Waals surface area contributed by atoms with Crippen molar-refractivity contribution in [2.45, 2.75) is 12.3 Å². The number of hydrogen-bond acceptors (Lipinski definition) is 1. The summed E-state index contributed by atoms with van der Waals surface area (Å²) < 4.78 is 10.7. The second-order valence-electron chi connectivity index (χ2n) is 4.02. The Labute approximate surface area is 104 Å². The first-order valence-electron chi connectivity index (χ1n) is 5.81. The molecule has 0 amide bonds. The Kier molecular flexibility index (Phi) is 4.46. The van der Waals surface area contributed by atoms with Gasteiger partial charge in [-0.15, -0.1) is 0 Å². The Hall–Kier alpha value is -1.46. The van der Waals surface area contributed by atoms with Crippen LogP contribution < -0.4 is 0 Å². The van der Waals surface area contributed by atoms with Crippen molar-refractivity contribution in [3.63, 3.8) is 0 Å². The highest BCUT2D eigenvalue weighted by Gasteiger charge is 2.12. The molecule has 2 heteroatoms. The fourth-order valence-corrected chi connectivity index (χ4v) is 2.44. The first-order chi connectivity index (χ1) is 8.42. The lowest BCUT2D eigenvalue weighted by molar-refractivity contribution is 0.595. The highest BCUT2D eigenvalue weighted by Crippen LogP contribution is 2.28. The van der Waals surface area contributed by atoms with E-state index >= 15 is 0 Å². The van der Waals surface area contributed by atoms with Crippen LogP contribution in [0.2, 0.25) is 0 Å². The van der Waals surface area contributed by atoms with Crippen molar-refractivity contribution < 1.29 is 4.57 Å². The Bertz CT molecular complexity index is 413. The highest BCUT2D eigenvalue weighted by atomic mass is 31.1. The van der Waals surface area contributed by atoms with E-state index in [-0.39, 0.29) is 8.46 Å². The van der Waals surface area contributed by atoms with Crippen molar-refractivity contribution in [1.29, 1.82) is 0 Å². The van der Waals surface area contributed by atoms with Gasteiger partial charge in [0.25, 0.3) is 0 Å². The van der Waals surface area contributed by atoms with Gasteiger partial charge in [0.15, 0.2) is 8.46 Å². The van der Waals surface area contributed by atoms with Crippen molar-refractivity contribution in [2.24, 2.45) is 0 Å². The van der Waals surface area contributed by atoms with Crippen LogP contribution in [0.4, 0.5) is 0 Å². The van der Waals surface area contributed by atoms with E-state index in [1.165, 1.54) is 11.1 Å². The smallest absolute Gasteiger partial charge is 0.155 e. The van der Waals surface area contributed by atoms with Gasteiger partial charge in [-0.2, -0.15) is 0 Å². The van der Waals surface area contributed by atoms with Crippen molar-refractivity contribution in [3.05, 3.63) is 71.8 Å². The van der Waals surface area contributed by atoms with E-state index in [0.29, 0.717) is 12.1 Å². The molecule has 2 aromatic rings. The van der Waals surface area contributed by atoms with Gasteiger partial charge in [0, 0.05) is 12.1 Å². The topological polar surface area (TPSA) is 17.1 Å². The van der Waals surface area contributed by atoms with Crippen molar-refractivity contribution in [1.82, 2.24) is 0 Å². The maximum Gasteiger partial charge on any atom is 0.155 e. The van der Waals surface area contributed by atoms with E-state index in [9.17, 15) is 4.57 Å². The third-order valence-corrected chi connectivity index (χ3v) is 3.35. The molecule has 0 aromatic heterocycles. The summed E-state index contributed by atoms with van der Waals surface area (Å²) in [5, 5.41) is 0. The monoisotopic (exact) mass is 242 g/mol. The van der Waals surface area contributed by atoms with Gasteiger partial charge in [0.1, 0.15) is 0 Å². The largest absolute Gasteiger partial charge is 0.275 e. The van der Waals surface area contributed by atoms with Gasteiger partial charge >= 0.3 is 0 Å². The average molecular weight is 242 g/mol. The second kappa shape index (κ2) is 6.32. The molecule has 0 aliphatic heterocycles. The summed E-state index contributed by atoms with van der Waals surface area (Å²) in [5.74, 6) is 0.346. The normalized spacial score (nSPS) is 10.9. The van der Waals surface area contributed by atoms with Gasteiger partial charge in [-0.25, -0.2) is 0 Å². The van der Waals surface area contributed by atoms with Crippen LogP contribution in [0.15, 0.2) is 60.7 Å². The molecule has 0 fully saturated rings. The van der Waals surface area contributed by atoms with Crippen LogP contribution in [-0.4, -0.2) is 6.16 Å². The molecule has 0 aliphatic rings. The van der Waals surface area contributed by atoms with Gasteiger partial charge in [0.05, 0.1) is 0 Å². The molecular weight excluding hydrogens is 227 g/mol. The quantitative estimate of drug-likeness (QED) is 0.705. The van der Waals surface area contributed by atoms with E-state index in [2.05, 4.69) is 48.5 Å². The third kappa shape index (κ3) is 3.25. The summed E-state index contributed by atoms with van der Waals surface area (Å²) in [4.78, 5) is 0. The van der Waals surface area contributed by atoms with Crippen molar-refractivity contribution >= 4 is 8.46 Å². The van der Waals surface area contributed by atoms with Crippen LogP contribution in [0.3, 0.4) is 0 Å². The van der Waals surface area contributed by atoms with Crippen LogP contribution in [0.1, 0.15) is 23.5 Å². The van der Waals surface area contributed by atoms with E-state index in [4.69, 9.17) is 0 Å². The predicted molar refractivity (Wildman–Crippen MR) is 71.8 cm³/mol. The van der Waals surface area contributed by atoms with Gasteiger partial charge in [-0.3, -0.25) is 4.57 Å². The molecule has 0 aliphatic carbocycles. The minimum atomic E-state index is 0.230. The minimum absolute atomic E-state index is 0.230. The standard InChI is InChI=1S/C15H15OP/c16-17-12-11-15(13-7-3-1-4-8-13)14-9-5-2-6-10-14/h1-10,15H,11-12H2. The molecule has 0 heterocycles. The van der Waals surface area contributed by atoms with E-state index < -0.39 is 0 Å². The molecule has 0 unspecified atom stereocenters. The molecule has 0 atom stereocenters. The highest BCUT2D eigenvalue weighted by molar-refractivity contribution is 7.23. The van der Waals surface area contributed by atoms with Crippen LogP contribution in [-0.2, 0) is 4.57 Å². The SMILES string of the molecule is O=PCCC(c1ccccc1)c1ccccc1. The molecule has 0 saturated carbocycles. The average Bonchev–Trinajstić information content (AvgIpc) is 2.42. The molecule has 2 aromatic carbocycles. The maximum absolute atomic E-state index is 10.7. The molecular formula is C15H15OP. The summed E-state index contributed by atoms with van der Waals surface area (Å²) in [6, 6.07) is 20.8. The second-order valence-corrected chi connectivity index (χ2v) is 4.72. The van der Waals surface area contributed by atoms with E-state index in [1.54, 1.807) is 0 Å². The lowest BCUT2D eigenvalue weighted by Crippen LogP contribution is -2.01.